The zero-order chi connectivity index (χ0) is 34.9. The fraction of sp³-hybridized carbons (Fsp3) is 0.955. The second-order valence-corrected chi connectivity index (χ2v) is 15.2. The summed E-state index contributed by atoms with van der Waals surface area (Å²) in [4.78, 5) is 24.2. The van der Waals surface area contributed by atoms with E-state index in [2.05, 4.69) is 24.5 Å². The van der Waals surface area contributed by atoms with Crippen molar-refractivity contribution in [3.63, 3.8) is 0 Å². The Balaban J connectivity index is 3.24. The third-order valence-corrected chi connectivity index (χ3v) is 10.3. The minimum atomic E-state index is 0.193. The highest BCUT2D eigenvalue weighted by Crippen LogP contribution is 2.16. The fourth-order valence-electron chi connectivity index (χ4n) is 6.90. The molecule has 0 aromatic rings. The molecule has 0 aliphatic heterocycles. The van der Waals surface area contributed by atoms with Crippen molar-refractivity contribution in [3.05, 3.63) is 0 Å². The molecular formula is C44H88N2O2. The van der Waals surface area contributed by atoms with Gasteiger partial charge in [-0.3, -0.25) is 9.59 Å². The number of rotatable bonds is 41. The molecule has 48 heavy (non-hydrogen) atoms. The first-order valence-electron chi connectivity index (χ1n) is 22.2. The van der Waals surface area contributed by atoms with E-state index in [1.807, 2.05) is 0 Å². The quantitative estimate of drug-likeness (QED) is 0.0633. The van der Waals surface area contributed by atoms with Crippen molar-refractivity contribution < 1.29 is 9.59 Å². The van der Waals surface area contributed by atoms with Crippen LogP contribution in [0.15, 0.2) is 0 Å². The molecule has 0 aromatic heterocycles. The van der Waals surface area contributed by atoms with Crippen molar-refractivity contribution >= 4 is 11.8 Å². The number of hydrogen-bond donors (Lipinski definition) is 2. The Kier molecular flexibility index (Phi) is 41.2. The summed E-state index contributed by atoms with van der Waals surface area (Å²) >= 11 is 0. The SMILES string of the molecule is CCCCCCCCCCCCCCCCCCCC(=O)NCCCCNC(=O)CCCCCCCCCCCCCCCCCCC. The van der Waals surface area contributed by atoms with Crippen molar-refractivity contribution in [1.29, 1.82) is 0 Å². The van der Waals surface area contributed by atoms with E-state index < -0.39 is 0 Å². The maximum Gasteiger partial charge on any atom is 0.219 e. The minimum Gasteiger partial charge on any atom is -0.356 e. The van der Waals surface area contributed by atoms with Gasteiger partial charge in [0.15, 0.2) is 0 Å². The van der Waals surface area contributed by atoms with Crippen LogP contribution in [0.5, 0.6) is 0 Å². The van der Waals surface area contributed by atoms with Crippen molar-refractivity contribution in [2.24, 2.45) is 0 Å². The summed E-state index contributed by atoms with van der Waals surface area (Å²) < 4.78 is 0. The van der Waals surface area contributed by atoms with Crippen LogP contribution in [0.2, 0.25) is 0 Å². The minimum absolute atomic E-state index is 0.193. The second kappa shape index (κ2) is 42.1. The highest BCUT2D eigenvalue weighted by Gasteiger charge is 2.03. The average molecular weight is 677 g/mol. The van der Waals surface area contributed by atoms with Crippen molar-refractivity contribution in [3.8, 4) is 0 Å². The van der Waals surface area contributed by atoms with Gasteiger partial charge in [-0.1, -0.05) is 219 Å². The molecule has 0 atom stereocenters. The first-order chi connectivity index (χ1) is 23.7. The maximum absolute atomic E-state index is 12.1. The van der Waals surface area contributed by atoms with Crippen LogP contribution >= 0.6 is 0 Å². The van der Waals surface area contributed by atoms with Gasteiger partial charge in [-0.2, -0.15) is 0 Å². The Labute approximate surface area is 302 Å². The molecule has 2 amide bonds. The van der Waals surface area contributed by atoms with E-state index in [1.54, 1.807) is 0 Å². The van der Waals surface area contributed by atoms with Crippen LogP contribution in [0.1, 0.15) is 258 Å². The monoisotopic (exact) mass is 677 g/mol. The smallest absolute Gasteiger partial charge is 0.219 e. The van der Waals surface area contributed by atoms with Crippen LogP contribution in [0, 0.1) is 0 Å². The van der Waals surface area contributed by atoms with Gasteiger partial charge >= 0.3 is 0 Å². The van der Waals surface area contributed by atoms with Gasteiger partial charge in [0.25, 0.3) is 0 Å². The number of hydrogen-bond acceptors (Lipinski definition) is 2. The molecule has 4 nitrogen and oxygen atoms in total. The molecule has 0 bridgehead atoms. The van der Waals surface area contributed by atoms with Gasteiger partial charge in [-0.15, -0.1) is 0 Å². The van der Waals surface area contributed by atoms with E-state index in [0.29, 0.717) is 12.8 Å². The predicted octanol–water partition coefficient (Wildman–Crippen LogP) is 14.1. The van der Waals surface area contributed by atoms with Crippen LogP contribution in [0.4, 0.5) is 0 Å². The summed E-state index contributed by atoms with van der Waals surface area (Å²) in [5.74, 6) is 0.387. The number of nitrogens with one attached hydrogen (secondary N) is 2. The molecule has 286 valence electrons. The van der Waals surface area contributed by atoms with Crippen LogP contribution in [-0.2, 0) is 9.59 Å². The van der Waals surface area contributed by atoms with Gasteiger partial charge in [0.1, 0.15) is 0 Å². The molecule has 0 aliphatic rings. The maximum atomic E-state index is 12.1. The molecule has 0 heterocycles. The highest BCUT2D eigenvalue weighted by atomic mass is 16.2. The molecule has 0 aromatic carbocycles. The van der Waals surface area contributed by atoms with E-state index in [4.69, 9.17) is 0 Å². The van der Waals surface area contributed by atoms with E-state index in [9.17, 15) is 9.59 Å². The lowest BCUT2D eigenvalue weighted by Gasteiger charge is -2.07. The lowest BCUT2D eigenvalue weighted by Crippen LogP contribution is -2.27. The molecule has 2 N–H and O–H groups in total. The molecule has 0 aliphatic carbocycles. The lowest BCUT2D eigenvalue weighted by atomic mass is 10.0. The number of amides is 2. The van der Waals surface area contributed by atoms with Gasteiger partial charge < -0.3 is 10.6 Å². The Hall–Kier alpha value is -1.06. The predicted molar refractivity (Wildman–Crippen MR) is 213 cm³/mol. The first-order valence-corrected chi connectivity index (χ1v) is 22.2. The Morgan fingerprint density at radius 1 is 0.271 bits per heavy atom. The third-order valence-electron chi connectivity index (χ3n) is 10.3. The first kappa shape index (κ1) is 46.9. The van der Waals surface area contributed by atoms with Crippen molar-refractivity contribution in [2.75, 3.05) is 13.1 Å². The summed E-state index contributed by atoms with van der Waals surface area (Å²) in [7, 11) is 0. The van der Waals surface area contributed by atoms with Gasteiger partial charge in [-0.05, 0) is 25.7 Å². The summed E-state index contributed by atoms with van der Waals surface area (Å²) in [6, 6.07) is 0. The van der Waals surface area contributed by atoms with Gasteiger partial charge in [-0.25, -0.2) is 0 Å². The molecule has 0 rings (SSSR count). The van der Waals surface area contributed by atoms with Gasteiger partial charge in [0.2, 0.25) is 11.8 Å². The molecule has 0 unspecified atom stereocenters. The highest BCUT2D eigenvalue weighted by molar-refractivity contribution is 5.76. The Morgan fingerprint density at radius 3 is 0.667 bits per heavy atom. The molecule has 0 saturated heterocycles. The normalized spacial score (nSPS) is 11.3. The summed E-state index contributed by atoms with van der Waals surface area (Å²) in [6.07, 6.45) is 49.6. The van der Waals surface area contributed by atoms with Crippen molar-refractivity contribution in [2.45, 2.75) is 258 Å². The summed E-state index contributed by atoms with van der Waals surface area (Å²) in [5, 5.41) is 6.12. The fourth-order valence-corrected chi connectivity index (χ4v) is 6.90. The van der Waals surface area contributed by atoms with Crippen LogP contribution in [0.3, 0.4) is 0 Å². The lowest BCUT2D eigenvalue weighted by molar-refractivity contribution is -0.122. The molecule has 4 heteroatoms. The van der Waals surface area contributed by atoms with E-state index in [1.165, 1.54) is 205 Å². The summed E-state index contributed by atoms with van der Waals surface area (Å²) in [5.41, 5.74) is 0. The van der Waals surface area contributed by atoms with Crippen LogP contribution in [-0.4, -0.2) is 24.9 Å². The van der Waals surface area contributed by atoms with Gasteiger partial charge in [0, 0.05) is 25.9 Å². The Morgan fingerprint density at radius 2 is 0.458 bits per heavy atom. The van der Waals surface area contributed by atoms with Crippen LogP contribution < -0.4 is 10.6 Å². The molecule has 0 spiro atoms. The number of carbonyl (C=O) groups excluding carboxylic acids is 2. The van der Waals surface area contributed by atoms with Gasteiger partial charge in [0.05, 0.1) is 0 Å². The second-order valence-electron chi connectivity index (χ2n) is 15.2. The zero-order valence-electron chi connectivity index (χ0n) is 33.1. The molecule has 0 saturated carbocycles. The van der Waals surface area contributed by atoms with E-state index in [-0.39, 0.29) is 11.8 Å². The topological polar surface area (TPSA) is 58.2 Å². The van der Waals surface area contributed by atoms with Crippen LogP contribution in [0.25, 0.3) is 0 Å². The van der Waals surface area contributed by atoms with E-state index >= 15 is 0 Å². The zero-order valence-corrected chi connectivity index (χ0v) is 33.1. The Bertz CT molecular complexity index is 583. The average Bonchev–Trinajstić information content (AvgIpc) is 3.09. The summed E-state index contributed by atoms with van der Waals surface area (Å²) in [6.45, 7) is 6.04. The van der Waals surface area contributed by atoms with Crippen molar-refractivity contribution in [1.82, 2.24) is 10.6 Å². The molecule has 0 radical (unpaired) electrons. The standard InChI is InChI=1S/C44H88N2O2/c1-3-5-7-9-11-13-15-17-19-21-23-25-27-29-31-33-35-39-43(47)45-41-37-38-42-46-44(48)40-36-34-32-30-28-26-24-22-20-18-16-14-12-10-8-6-4-2/h3-42H2,1-2H3,(H,45,47)(H,46,48). The largest absolute Gasteiger partial charge is 0.356 e. The van der Waals surface area contributed by atoms with E-state index in [0.717, 1.165) is 38.8 Å². The molecular weight excluding hydrogens is 588 g/mol. The molecule has 0 fully saturated rings. The third kappa shape index (κ3) is 41.1. The number of unbranched alkanes of at least 4 members (excludes halogenated alkanes) is 33. The number of carbonyl (C=O) groups is 2.